The first-order valence-electron chi connectivity index (χ1n) is 2.99. The Morgan fingerprint density at radius 3 is 3.00 bits per heavy atom. The van der Waals surface area contributed by atoms with Crippen LogP contribution in [0.1, 0.15) is 13.3 Å². The van der Waals surface area contributed by atoms with Crippen LogP contribution in [0, 0.1) is 12.3 Å². The largest absolute Gasteiger partial charge is 0.330 e. The van der Waals surface area contributed by atoms with Gasteiger partial charge < -0.3 is 5.73 Å². The van der Waals surface area contributed by atoms with Gasteiger partial charge >= 0.3 is 0 Å². The van der Waals surface area contributed by atoms with E-state index in [2.05, 4.69) is 10.9 Å². The fourth-order valence-electron chi connectivity index (χ4n) is 0.486. The summed E-state index contributed by atoms with van der Waals surface area (Å²) in [5, 5.41) is 0. The molecule has 9 heavy (non-hydrogen) atoms. The van der Waals surface area contributed by atoms with Gasteiger partial charge in [0.25, 0.3) is 0 Å². The van der Waals surface area contributed by atoms with Crippen molar-refractivity contribution in [1.29, 1.82) is 0 Å². The van der Waals surface area contributed by atoms with Crippen molar-refractivity contribution in [1.82, 2.24) is 0 Å². The van der Waals surface area contributed by atoms with E-state index >= 15 is 0 Å². The standard InChI is InChI=1S/C7H12N2/c1-3-6-9-7(2)4-5-8/h1,6-7H,4-5,8H2,2H3. The molecule has 0 rings (SSSR count). The maximum absolute atomic E-state index is 5.28. The summed E-state index contributed by atoms with van der Waals surface area (Å²) in [7, 11) is 0. The number of nitrogens with zero attached hydrogens (tertiary/aromatic N) is 1. The molecule has 1 atom stereocenters. The molecule has 0 aliphatic rings. The molecule has 0 bridgehead atoms. The maximum atomic E-state index is 5.28. The normalized spacial score (nSPS) is 13.4. The van der Waals surface area contributed by atoms with Gasteiger partial charge in [-0.25, -0.2) is 0 Å². The summed E-state index contributed by atoms with van der Waals surface area (Å²) >= 11 is 0. The molecule has 50 valence electrons. The summed E-state index contributed by atoms with van der Waals surface area (Å²) in [6.07, 6.45) is 7.32. The molecular weight excluding hydrogens is 112 g/mol. The summed E-state index contributed by atoms with van der Waals surface area (Å²) in [5.74, 6) is 2.32. The van der Waals surface area contributed by atoms with Crippen LogP contribution in [0.2, 0.25) is 0 Å². The average molecular weight is 124 g/mol. The molecule has 0 heterocycles. The van der Waals surface area contributed by atoms with Gasteiger partial charge in [-0.15, -0.1) is 6.42 Å². The predicted molar refractivity (Wildman–Crippen MR) is 40.5 cm³/mol. The molecule has 0 amide bonds. The van der Waals surface area contributed by atoms with Gasteiger partial charge in [0.05, 0.1) is 6.21 Å². The predicted octanol–water partition coefficient (Wildman–Crippen LogP) is 0.428. The van der Waals surface area contributed by atoms with Crippen molar-refractivity contribution < 1.29 is 0 Å². The van der Waals surface area contributed by atoms with Crippen LogP contribution in [0.25, 0.3) is 0 Å². The number of rotatable bonds is 3. The van der Waals surface area contributed by atoms with Crippen molar-refractivity contribution >= 4 is 6.21 Å². The highest BCUT2D eigenvalue weighted by molar-refractivity contribution is 5.77. The summed E-state index contributed by atoms with van der Waals surface area (Å²) in [6, 6.07) is 0.269. The fraction of sp³-hybridized carbons (Fsp3) is 0.571. The Labute approximate surface area is 56.2 Å². The molecule has 2 N–H and O–H groups in total. The Hall–Kier alpha value is -0.810. The molecule has 0 radical (unpaired) electrons. The highest BCUT2D eigenvalue weighted by Crippen LogP contribution is 1.91. The number of hydrogen-bond donors (Lipinski definition) is 1. The van der Waals surface area contributed by atoms with Crippen LogP contribution in [0.3, 0.4) is 0 Å². The second kappa shape index (κ2) is 5.33. The Morgan fingerprint density at radius 1 is 1.89 bits per heavy atom. The lowest BCUT2D eigenvalue weighted by atomic mass is 10.2. The monoisotopic (exact) mass is 124 g/mol. The molecular formula is C7H12N2. The minimum atomic E-state index is 0.269. The molecule has 0 spiro atoms. The van der Waals surface area contributed by atoms with Gasteiger partial charge in [0.2, 0.25) is 0 Å². The van der Waals surface area contributed by atoms with Crippen LogP contribution in [0.5, 0.6) is 0 Å². The van der Waals surface area contributed by atoms with E-state index in [1.54, 1.807) is 0 Å². The van der Waals surface area contributed by atoms with Gasteiger partial charge in [0.15, 0.2) is 0 Å². The smallest absolute Gasteiger partial charge is 0.0711 e. The summed E-state index contributed by atoms with van der Waals surface area (Å²) < 4.78 is 0. The number of terminal acetylenes is 1. The molecule has 0 saturated heterocycles. The van der Waals surface area contributed by atoms with Crippen LogP contribution < -0.4 is 5.73 Å². The highest BCUT2D eigenvalue weighted by atomic mass is 14.8. The third-order valence-corrected chi connectivity index (χ3v) is 0.988. The molecule has 1 unspecified atom stereocenters. The summed E-state index contributed by atoms with van der Waals surface area (Å²) in [4.78, 5) is 3.99. The average Bonchev–Trinajstić information content (AvgIpc) is 1.85. The molecule has 0 aromatic heterocycles. The van der Waals surface area contributed by atoms with E-state index in [1.165, 1.54) is 6.21 Å². The molecule has 0 saturated carbocycles. The first-order chi connectivity index (χ1) is 4.31. The maximum Gasteiger partial charge on any atom is 0.0711 e. The molecule has 2 nitrogen and oxygen atoms in total. The lowest BCUT2D eigenvalue weighted by Crippen LogP contribution is -2.07. The van der Waals surface area contributed by atoms with Gasteiger partial charge in [-0.2, -0.15) is 0 Å². The van der Waals surface area contributed by atoms with Crippen LogP contribution in [-0.4, -0.2) is 18.8 Å². The van der Waals surface area contributed by atoms with Crippen LogP contribution in [0.15, 0.2) is 4.99 Å². The van der Waals surface area contributed by atoms with Gasteiger partial charge in [0.1, 0.15) is 0 Å². The lowest BCUT2D eigenvalue weighted by Gasteiger charge is -1.99. The zero-order chi connectivity index (χ0) is 7.11. The SMILES string of the molecule is C#CC=NC(C)CCN. The number of nitrogens with two attached hydrogens (primary N) is 1. The third-order valence-electron chi connectivity index (χ3n) is 0.988. The topological polar surface area (TPSA) is 38.4 Å². The van der Waals surface area contributed by atoms with Crippen molar-refractivity contribution in [2.75, 3.05) is 6.54 Å². The van der Waals surface area contributed by atoms with E-state index in [4.69, 9.17) is 12.2 Å². The highest BCUT2D eigenvalue weighted by Gasteiger charge is 1.92. The Bertz CT molecular complexity index is 121. The summed E-state index contributed by atoms with van der Waals surface area (Å²) in [5.41, 5.74) is 5.28. The van der Waals surface area contributed by atoms with E-state index < -0.39 is 0 Å². The minimum Gasteiger partial charge on any atom is -0.330 e. The van der Waals surface area contributed by atoms with Gasteiger partial charge in [-0.3, -0.25) is 4.99 Å². The zero-order valence-electron chi connectivity index (χ0n) is 5.67. The molecule has 0 aliphatic carbocycles. The van der Waals surface area contributed by atoms with E-state index in [-0.39, 0.29) is 6.04 Å². The Morgan fingerprint density at radius 2 is 2.56 bits per heavy atom. The third kappa shape index (κ3) is 5.05. The molecule has 0 fully saturated rings. The van der Waals surface area contributed by atoms with E-state index in [0.29, 0.717) is 6.54 Å². The van der Waals surface area contributed by atoms with Crippen molar-refractivity contribution in [3.05, 3.63) is 0 Å². The quantitative estimate of drug-likeness (QED) is 0.430. The van der Waals surface area contributed by atoms with Crippen LogP contribution in [0.4, 0.5) is 0 Å². The van der Waals surface area contributed by atoms with Crippen LogP contribution >= 0.6 is 0 Å². The first kappa shape index (κ1) is 8.19. The zero-order valence-corrected chi connectivity index (χ0v) is 5.67. The molecule has 0 aliphatic heterocycles. The Balaban J connectivity index is 3.39. The van der Waals surface area contributed by atoms with Gasteiger partial charge in [-0.05, 0) is 19.9 Å². The van der Waals surface area contributed by atoms with Crippen molar-refractivity contribution in [3.63, 3.8) is 0 Å². The minimum absolute atomic E-state index is 0.269. The van der Waals surface area contributed by atoms with E-state index in [1.807, 2.05) is 6.92 Å². The van der Waals surface area contributed by atoms with E-state index in [9.17, 15) is 0 Å². The Kier molecular flexibility index (Phi) is 4.85. The second-order valence-electron chi connectivity index (χ2n) is 1.87. The lowest BCUT2D eigenvalue weighted by molar-refractivity contribution is 0.681. The summed E-state index contributed by atoms with van der Waals surface area (Å²) in [6.45, 7) is 2.66. The van der Waals surface area contributed by atoms with E-state index in [0.717, 1.165) is 6.42 Å². The fourth-order valence-corrected chi connectivity index (χ4v) is 0.486. The molecule has 0 aromatic carbocycles. The molecule has 0 aromatic rings. The number of aliphatic imine (C=N–C) groups is 1. The van der Waals surface area contributed by atoms with Crippen molar-refractivity contribution in [2.45, 2.75) is 19.4 Å². The van der Waals surface area contributed by atoms with Gasteiger partial charge in [0, 0.05) is 6.04 Å². The van der Waals surface area contributed by atoms with Crippen molar-refractivity contribution in [2.24, 2.45) is 10.7 Å². The van der Waals surface area contributed by atoms with Crippen LogP contribution in [-0.2, 0) is 0 Å². The second-order valence-corrected chi connectivity index (χ2v) is 1.87. The first-order valence-corrected chi connectivity index (χ1v) is 2.99. The number of hydrogen-bond acceptors (Lipinski definition) is 2. The van der Waals surface area contributed by atoms with Crippen molar-refractivity contribution in [3.8, 4) is 12.3 Å². The molecule has 2 heteroatoms. The van der Waals surface area contributed by atoms with Gasteiger partial charge in [-0.1, -0.05) is 5.92 Å².